The molecular formula is C19H22FN5O. The van der Waals surface area contributed by atoms with Gasteiger partial charge in [-0.15, -0.1) is 0 Å². The molecule has 26 heavy (non-hydrogen) atoms. The van der Waals surface area contributed by atoms with E-state index >= 15 is 0 Å². The molecule has 0 spiro atoms. The lowest BCUT2D eigenvalue weighted by molar-refractivity contribution is 0.0134. The van der Waals surface area contributed by atoms with E-state index in [9.17, 15) is 9.50 Å². The van der Waals surface area contributed by atoms with Crippen molar-refractivity contribution in [1.82, 2.24) is 19.6 Å². The Morgan fingerprint density at radius 3 is 2.88 bits per heavy atom. The summed E-state index contributed by atoms with van der Waals surface area (Å²) in [6.07, 6.45) is 3.31. The third kappa shape index (κ3) is 2.92. The Kier molecular flexibility index (Phi) is 3.91. The van der Waals surface area contributed by atoms with E-state index in [1.54, 1.807) is 16.6 Å². The summed E-state index contributed by atoms with van der Waals surface area (Å²) in [6.45, 7) is 3.73. The van der Waals surface area contributed by atoms with Gasteiger partial charge in [0.15, 0.2) is 17.3 Å². The number of nitrogens with two attached hydrogens (primary N) is 1. The molecule has 0 radical (unpaired) electrons. The van der Waals surface area contributed by atoms with Crippen molar-refractivity contribution in [3.8, 4) is 11.3 Å². The second kappa shape index (κ2) is 6.02. The van der Waals surface area contributed by atoms with E-state index in [1.807, 2.05) is 13.8 Å². The zero-order valence-corrected chi connectivity index (χ0v) is 14.9. The molecule has 0 amide bonds. The van der Waals surface area contributed by atoms with E-state index in [-0.39, 0.29) is 17.6 Å². The molecule has 136 valence electrons. The van der Waals surface area contributed by atoms with Crippen LogP contribution in [0.2, 0.25) is 0 Å². The van der Waals surface area contributed by atoms with E-state index in [4.69, 9.17) is 5.73 Å². The van der Waals surface area contributed by atoms with Gasteiger partial charge in [-0.1, -0.05) is 12.1 Å². The molecule has 7 heteroatoms. The van der Waals surface area contributed by atoms with Crippen LogP contribution in [0.3, 0.4) is 0 Å². The number of hydrogen-bond acceptors (Lipinski definition) is 5. The molecule has 1 saturated carbocycles. The summed E-state index contributed by atoms with van der Waals surface area (Å²) in [5.74, 6) is 0.704. The molecule has 3 N–H and O–H groups in total. The van der Waals surface area contributed by atoms with Gasteiger partial charge in [0.2, 0.25) is 0 Å². The lowest BCUT2D eigenvalue weighted by Gasteiger charge is -2.32. The normalized spacial score (nSPS) is 23.5. The van der Waals surface area contributed by atoms with Crippen LogP contribution in [0.15, 0.2) is 24.3 Å². The van der Waals surface area contributed by atoms with E-state index in [1.165, 1.54) is 12.1 Å². The van der Waals surface area contributed by atoms with Crippen molar-refractivity contribution >= 4 is 11.5 Å². The molecule has 2 aromatic heterocycles. The summed E-state index contributed by atoms with van der Waals surface area (Å²) < 4.78 is 15.3. The Morgan fingerprint density at radius 1 is 1.35 bits per heavy atom. The molecule has 1 aliphatic carbocycles. The van der Waals surface area contributed by atoms with Gasteiger partial charge in [0, 0.05) is 11.5 Å². The number of nitrogen functional groups attached to an aromatic ring is 1. The van der Waals surface area contributed by atoms with Crippen molar-refractivity contribution < 1.29 is 9.50 Å². The zero-order chi connectivity index (χ0) is 18.5. The van der Waals surface area contributed by atoms with Crippen LogP contribution in [0.1, 0.15) is 50.0 Å². The predicted molar refractivity (Wildman–Crippen MR) is 97.2 cm³/mol. The highest BCUT2D eigenvalue weighted by Gasteiger charge is 2.33. The zero-order valence-electron chi connectivity index (χ0n) is 14.9. The van der Waals surface area contributed by atoms with E-state index < -0.39 is 5.60 Å². The summed E-state index contributed by atoms with van der Waals surface area (Å²) in [5.41, 5.74) is 7.92. The largest absolute Gasteiger partial charge is 0.390 e. The summed E-state index contributed by atoms with van der Waals surface area (Å²) in [7, 11) is 0. The van der Waals surface area contributed by atoms with E-state index in [2.05, 4.69) is 15.1 Å². The number of aromatic nitrogens is 4. The van der Waals surface area contributed by atoms with Crippen LogP contribution in [0.25, 0.3) is 16.9 Å². The highest BCUT2D eigenvalue weighted by atomic mass is 19.1. The Hall–Kier alpha value is -2.54. The first kappa shape index (κ1) is 16.9. The van der Waals surface area contributed by atoms with Crippen LogP contribution in [0.5, 0.6) is 0 Å². The molecule has 0 saturated heterocycles. The molecule has 1 fully saturated rings. The number of hydrogen-bond donors (Lipinski definition) is 2. The van der Waals surface area contributed by atoms with Crippen molar-refractivity contribution in [1.29, 1.82) is 0 Å². The van der Waals surface area contributed by atoms with Crippen molar-refractivity contribution in [2.75, 3.05) is 5.73 Å². The van der Waals surface area contributed by atoms with Crippen LogP contribution >= 0.6 is 0 Å². The van der Waals surface area contributed by atoms with Gasteiger partial charge >= 0.3 is 0 Å². The number of fused-ring (bicyclic) bond motifs is 1. The molecule has 2 heterocycles. The number of benzene rings is 1. The smallest absolute Gasteiger partial charge is 0.198 e. The minimum Gasteiger partial charge on any atom is -0.390 e. The molecule has 1 aromatic carbocycles. The second-order valence-electron chi connectivity index (χ2n) is 7.44. The number of aryl methyl sites for hydroxylation is 1. The van der Waals surface area contributed by atoms with Gasteiger partial charge in [-0.3, -0.25) is 0 Å². The topological polar surface area (TPSA) is 89.3 Å². The van der Waals surface area contributed by atoms with Gasteiger partial charge in [-0.05, 0) is 51.7 Å². The van der Waals surface area contributed by atoms with Crippen LogP contribution < -0.4 is 5.73 Å². The summed E-state index contributed by atoms with van der Waals surface area (Å²) in [4.78, 5) is 9.03. The Balaban J connectivity index is 1.81. The Morgan fingerprint density at radius 2 is 2.15 bits per heavy atom. The lowest BCUT2D eigenvalue weighted by Crippen LogP contribution is -2.31. The minimum atomic E-state index is -0.689. The fourth-order valence-electron chi connectivity index (χ4n) is 3.85. The quantitative estimate of drug-likeness (QED) is 0.737. The van der Waals surface area contributed by atoms with Crippen molar-refractivity contribution in [3.63, 3.8) is 0 Å². The first-order valence-electron chi connectivity index (χ1n) is 8.85. The molecule has 4 rings (SSSR count). The third-order valence-corrected chi connectivity index (χ3v) is 5.16. The number of halogens is 1. The average molecular weight is 355 g/mol. The lowest BCUT2D eigenvalue weighted by atomic mass is 9.79. The molecule has 0 bridgehead atoms. The molecular weight excluding hydrogens is 333 g/mol. The fourth-order valence-corrected chi connectivity index (χ4v) is 3.85. The van der Waals surface area contributed by atoms with Gasteiger partial charge in [0.05, 0.1) is 17.0 Å². The number of aliphatic hydroxyl groups is 1. The average Bonchev–Trinajstić information content (AvgIpc) is 3.03. The molecule has 3 aromatic rings. The molecule has 0 aliphatic heterocycles. The highest BCUT2D eigenvalue weighted by molar-refractivity contribution is 5.69. The maximum absolute atomic E-state index is 13.6. The summed E-state index contributed by atoms with van der Waals surface area (Å²) >= 11 is 0. The molecule has 2 atom stereocenters. The first-order chi connectivity index (χ1) is 12.3. The predicted octanol–water partition coefficient (Wildman–Crippen LogP) is 3.23. The minimum absolute atomic E-state index is 0.0927. The maximum Gasteiger partial charge on any atom is 0.198 e. The standard InChI is InChI=1S/C19H22FN5O/c1-11-15(12-5-3-7-14(20)9-12)22-16(21)18-23-17(24-25(11)18)13-6-4-8-19(2,26)10-13/h3,5,7,9,13,26H,4,6,8,10H2,1-2H3,(H2,21,22). The van der Waals surface area contributed by atoms with Gasteiger partial charge in [-0.2, -0.15) is 5.10 Å². The van der Waals surface area contributed by atoms with Crippen LogP contribution in [0.4, 0.5) is 10.2 Å². The van der Waals surface area contributed by atoms with Gasteiger partial charge in [-0.25, -0.2) is 18.9 Å². The van der Waals surface area contributed by atoms with Crippen molar-refractivity contribution in [3.05, 3.63) is 41.6 Å². The van der Waals surface area contributed by atoms with E-state index in [0.29, 0.717) is 29.1 Å². The molecule has 6 nitrogen and oxygen atoms in total. The van der Waals surface area contributed by atoms with Crippen molar-refractivity contribution in [2.24, 2.45) is 0 Å². The monoisotopic (exact) mass is 355 g/mol. The number of nitrogens with zero attached hydrogens (tertiary/aromatic N) is 4. The second-order valence-corrected chi connectivity index (χ2v) is 7.44. The first-order valence-corrected chi connectivity index (χ1v) is 8.85. The van der Waals surface area contributed by atoms with Gasteiger partial charge < -0.3 is 10.8 Å². The fraction of sp³-hybridized carbons (Fsp3) is 0.421. The van der Waals surface area contributed by atoms with Crippen LogP contribution in [-0.4, -0.2) is 30.3 Å². The summed E-state index contributed by atoms with van der Waals surface area (Å²) in [6, 6.07) is 6.25. The van der Waals surface area contributed by atoms with Crippen LogP contribution in [-0.2, 0) is 0 Å². The molecule has 2 unspecified atom stereocenters. The number of anilines is 1. The van der Waals surface area contributed by atoms with Crippen LogP contribution in [0, 0.1) is 12.7 Å². The Bertz CT molecular complexity index is 981. The molecule has 1 aliphatic rings. The Labute approximate surface area is 150 Å². The highest BCUT2D eigenvalue weighted by Crippen LogP contribution is 2.37. The van der Waals surface area contributed by atoms with E-state index in [0.717, 1.165) is 25.0 Å². The maximum atomic E-state index is 13.6. The number of rotatable bonds is 2. The summed E-state index contributed by atoms with van der Waals surface area (Å²) in [5, 5.41) is 15.0. The SMILES string of the molecule is Cc1c(-c2cccc(F)c2)nc(N)c2nc(C3CCCC(C)(O)C3)nn12. The van der Waals surface area contributed by atoms with Gasteiger partial charge in [0.1, 0.15) is 5.82 Å². The third-order valence-electron chi connectivity index (χ3n) is 5.16. The van der Waals surface area contributed by atoms with Gasteiger partial charge in [0.25, 0.3) is 0 Å². The van der Waals surface area contributed by atoms with Crippen molar-refractivity contribution in [2.45, 2.75) is 51.0 Å².